The van der Waals surface area contributed by atoms with Crippen LogP contribution >= 0.6 is 0 Å². The van der Waals surface area contributed by atoms with Crippen molar-refractivity contribution in [1.29, 1.82) is 0 Å². The van der Waals surface area contributed by atoms with Gasteiger partial charge in [0.15, 0.2) is 0 Å². The molecule has 0 unspecified atom stereocenters. The number of hydrogen-bond acceptors (Lipinski definition) is 3. The summed E-state index contributed by atoms with van der Waals surface area (Å²) in [6.45, 7) is 4.93. The predicted octanol–water partition coefficient (Wildman–Crippen LogP) is 4.09. The average Bonchev–Trinajstić information content (AvgIpc) is 2.73. The molecule has 2 amide bonds. The monoisotopic (exact) mass is 382 g/mol. The Labute approximate surface area is 167 Å². The molecule has 0 radical (unpaired) electrons. The van der Waals surface area contributed by atoms with Crippen molar-refractivity contribution in [3.05, 3.63) is 65.7 Å². The lowest BCUT2D eigenvalue weighted by atomic mass is 10.0. The highest BCUT2D eigenvalue weighted by Gasteiger charge is 2.30. The van der Waals surface area contributed by atoms with Crippen molar-refractivity contribution in [2.75, 3.05) is 13.7 Å². The van der Waals surface area contributed by atoms with Gasteiger partial charge in [0, 0.05) is 19.5 Å². The predicted molar refractivity (Wildman–Crippen MR) is 111 cm³/mol. The number of benzene rings is 2. The van der Waals surface area contributed by atoms with E-state index in [4.69, 9.17) is 4.74 Å². The molecule has 150 valence electrons. The van der Waals surface area contributed by atoms with E-state index in [1.807, 2.05) is 68.4 Å². The maximum absolute atomic E-state index is 13.0. The van der Waals surface area contributed by atoms with Crippen LogP contribution in [0.3, 0.4) is 0 Å². The molecule has 0 aliphatic heterocycles. The van der Waals surface area contributed by atoms with Gasteiger partial charge in [-0.05, 0) is 36.1 Å². The smallest absolute Gasteiger partial charge is 0.247 e. The van der Waals surface area contributed by atoms with E-state index in [2.05, 4.69) is 5.32 Å². The first-order valence-corrected chi connectivity index (χ1v) is 9.85. The fourth-order valence-electron chi connectivity index (χ4n) is 3.06. The van der Waals surface area contributed by atoms with Crippen molar-refractivity contribution >= 4 is 11.8 Å². The first-order chi connectivity index (χ1) is 13.6. The Kier molecular flexibility index (Phi) is 8.53. The van der Waals surface area contributed by atoms with Gasteiger partial charge in [-0.1, -0.05) is 56.3 Å². The molecular formula is C23H30N2O3. The van der Waals surface area contributed by atoms with E-state index >= 15 is 0 Å². The fraction of sp³-hybridized carbons (Fsp3) is 0.391. The molecule has 28 heavy (non-hydrogen) atoms. The zero-order valence-corrected chi connectivity index (χ0v) is 17.0. The molecule has 1 N–H and O–H groups in total. The molecule has 0 aliphatic carbocycles. The lowest BCUT2D eigenvalue weighted by molar-refractivity contribution is -0.141. The molecule has 0 saturated heterocycles. The van der Waals surface area contributed by atoms with Gasteiger partial charge >= 0.3 is 0 Å². The zero-order chi connectivity index (χ0) is 20.4. The summed E-state index contributed by atoms with van der Waals surface area (Å²) in [4.78, 5) is 27.7. The highest BCUT2D eigenvalue weighted by atomic mass is 16.5. The summed E-state index contributed by atoms with van der Waals surface area (Å²) in [5, 5.41) is 2.96. The number of ether oxygens (including phenoxy) is 1. The summed E-state index contributed by atoms with van der Waals surface area (Å²) in [5.41, 5.74) is 1.77. The number of carbonyl (C=O) groups excluding carboxylic acids is 2. The van der Waals surface area contributed by atoms with Crippen LogP contribution in [-0.4, -0.2) is 30.4 Å². The zero-order valence-electron chi connectivity index (χ0n) is 17.0. The van der Waals surface area contributed by atoms with Crippen molar-refractivity contribution in [2.24, 2.45) is 0 Å². The minimum Gasteiger partial charge on any atom is -0.497 e. The molecule has 2 aromatic carbocycles. The van der Waals surface area contributed by atoms with Crippen LogP contribution < -0.4 is 10.1 Å². The molecule has 5 nitrogen and oxygen atoms in total. The van der Waals surface area contributed by atoms with Crippen LogP contribution in [-0.2, 0) is 16.1 Å². The molecule has 0 saturated carbocycles. The van der Waals surface area contributed by atoms with E-state index in [1.54, 1.807) is 12.0 Å². The number of nitrogens with one attached hydrogen (secondary N) is 1. The summed E-state index contributed by atoms with van der Waals surface area (Å²) in [7, 11) is 1.62. The lowest BCUT2D eigenvalue weighted by Gasteiger charge is -2.31. The van der Waals surface area contributed by atoms with Crippen LogP contribution in [0.1, 0.15) is 50.3 Å². The van der Waals surface area contributed by atoms with Crippen LogP contribution in [0.25, 0.3) is 0 Å². The highest BCUT2D eigenvalue weighted by molar-refractivity contribution is 5.88. The number of carbonyl (C=O) groups is 2. The molecule has 0 aliphatic rings. The summed E-state index contributed by atoms with van der Waals surface area (Å²) in [5.74, 6) is 0.584. The van der Waals surface area contributed by atoms with Gasteiger partial charge in [-0.25, -0.2) is 0 Å². The first kappa shape index (κ1) is 21.5. The molecule has 5 heteroatoms. The Morgan fingerprint density at radius 3 is 2.25 bits per heavy atom. The second-order valence-electron chi connectivity index (χ2n) is 6.72. The number of amides is 2. The van der Waals surface area contributed by atoms with Gasteiger partial charge in [0.1, 0.15) is 11.8 Å². The Hall–Kier alpha value is -2.82. The Balaban J connectivity index is 2.38. The van der Waals surface area contributed by atoms with E-state index in [9.17, 15) is 9.59 Å². The van der Waals surface area contributed by atoms with Crippen molar-refractivity contribution < 1.29 is 14.3 Å². The molecule has 0 spiro atoms. The van der Waals surface area contributed by atoms with E-state index in [0.29, 0.717) is 19.5 Å². The maximum atomic E-state index is 13.0. The van der Waals surface area contributed by atoms with Crippen molar-refractivity contribution in [3.8, 4) is 5.75 Å². The standard InChI is InChI=1S/C23H30N2O3/c1-4-9-21(26)25(17-18-12-14-20(28-3)15-13-18)22(23(27)24-16-5-2)19-10-7-6-8-11-19/h6-8,10-15,22H,4-5,9,16-17H2,1-3H3,(H,24,27)/t22-/m0/s1. The van der Waals surface area contributed by atoms with Gasteiger partial charge in [0.2, 0.25) is 11.8 Å². The minimum atomic E-state index is -0.658. The van der Waals surface area contributed by atoms with E-state index in [0.717, 1.165) is 29.7 Å². The molecular weight excluding hydrogens is 352 g/mol. The van der Waals surface area contributed by atoms with Gasteiger partial charge in [-0.2, -0.15) is 0 Å². The SMILES string of the molecule is CCCNC(=O)[C@H](c1ccccc1)N(Cc1ccc(OC)cc1)C(=O)CCC. The number of methoxy groups -OCH3 is 1. The van der Waals surface area contributed by atoms with Crippen LogP contribution in [0.2, 0.25) is 0 Å². The van der Waals surface area contributed by atoms with Crippen molar-refractivity contribution in [3.63, 3.8) is 0 Å². The number of rotatable bonds is 10. The molecule has 0 aromatic heterocycles. The molecule has 0 bridgehead atoms. The molecule has 2 rings (SSSR count). The Morgan fingerprint density at radius 2 is 1.68 bits per heavy atom. The van der Waals surface area contributed by atoms with E-state index < -0.39 is 6.04 Å². The second-order valence-corrected chi connectivity index (χ2v) is 6.72. The van der Waals surface area contributed by atoms with E-state index in [1.165, 1.54) is 0 Å². The Morgan fingerprint density at radius 1 is 1.00 bits per heavy atom. The number of nitrogens with zero attached hydrogens (tertiary/aromatic N) is 1. The van der Waals surface area contributed by atoms with Gasteiger partial charge < -0.3 is 15.0 Å². The summed E-state index contributed by atoms with van der Waals surface area (Å²) in [6, 6.07) is 16.4. The fourth-order valence-corrected chi connectivity index (χ4v) is 3.06. The van der Waals surface area contributed by atoms with Gasteiger partial charge in [0.05, 0.1) is 7.11 Å². The highest BCUT2D eigenvalue weighted by Crippen LogP contribution is 2.25. The summed E-state index contributed by atoms with van der Waals surface area (Å²) in [6.07, 6.45) is 1.98. The van der Waals surface area contributed by atoms with Gasteiger partial charge in [0.25, 0.3) is 0 Å². The summed E-state index contributed by atoms with van der Waals surface area (Å²) >= 11 is 0. The minimum absolute atomic E-state index is 0.0289. The van der Waals surface area contributed by atoms with Crippen LogP contribution in [0, 0.1) is 0 Å². The molecule has 0 heterocycles. The maximum Gasteiger partial charge on any atom is 0.247 e. The second kappa shape index (κ2) is 11.1. The van der Waals surface area contributed by atoms with Gasteiger partial charge in [-0.3, -0.25) is 9.59 Å². The number of hydrogen-bond donors (Lipinski definition) is 1. The summed E-state index contributed by atoms with van der Waals surface area (Å²) < 4.78 is 5.21. The van der Waals surface area contributed by atoms with E-state index in [-0.39, 0.29) is 11.8 Å². The van der Waals surface area contributed by atoms with Crippen molar-refractivity contribution in [2.45, 2.75) is 45.7 Å². The van der Waals surface area contributed by atoms with Crippen LogP contribution in [0.15, 0.2) is 54.6 Å². The lowest BCUT2D eigenvalue weighted by Crippen LogP contribution is -2.43. The third-order valence-electron chi connectivity index (χ3n) is 4.52. The largest absolute Gasteiger partial charge is 0.497 e. The van der Waals surface area contributed by atoms with Crippen LogP contribution in [0.5, 0.6) is 5.75 Å². The molecule has 1 atom stereocenters. The average molecular weight is 383 g/mol. The van der Waals surface area contributed by atoms with Gasteiger partial charge in [-0.15, -0.1) is 0 Å². The molecule has 2 aromatic rings. The normalized spacial score (nSPS) is 11.5. The van der Waals surface area contributed by atoms with Crippen LogP contribution in [0.4, 0.5) is 0 Å². The first-order valence-electron chi connectivity index (χ1n) is 9.85. The quantitative estimate of drug-likeness (QED) is 0.673. The molecule has 0 fully saturated rings. The van der Waals surface area contributed by atoms with Crippen molar-refractivity contribution in [1.82, 2.24) is 10.2 Å². The Bertz CT molecular complexity index is 744. The third kappa shape index (κ3) is 5.84. The third-order valence-corrected chi connectivity index (χ3v) is 4.52. The topological polar surface area (TPSA) is 58.6 Å².